The average molecular weight is 518 g/mol. The Morgan fingerprint density at radius 3 is 2.43 bits per heavy atom. The first-order chi connectivity index (χ1) is 17.5. The highest BCUT2D eigenvalue weighted by atomic mass is 19.4. The van der Waals surface area contributed by atoms with Gasteiger partial charge >= 0.3 is 6.18 Å². The first kappa shape index (κ1) is 24.2. The third-order valence-electron chi connectivity index (χ3n) is 5.38. The predicted octanol–water partition coefficient (Wildman–Crippen LogP) is 6.73. The Bertz CT molecular complexity index is 1640. The van der Waals surface area contributed by atoms with Crippen molar-refractivity contribution in [2.75, 3.05) is 5.32 Å². The molecule has 0 saturated heterocycles. The molecule has 0 amide bonds. The Labute approximate surface area is 204 Å². The molecule has 7 nitrogen and oxygen atoms in total. The Morgan fingerprint density at radius 1 is 0.946 bits per heavy atom. The summed E-state index contributed by atoms with van der Waals surface area (Å²) < 4.78 is 91.7. The Kier molecular flexibility index (Phi) is 5.77. The van der Waals surface area contributed by atoms with E-state index in [0.717, 1.165) is 24.5 Å². The van der Waals surface area contributed by atoms with Crippen LogP contribution in [0.3, 0.4) is 0 Å². The Balaban J connectivity index is 1.51. The molecule has 3 heterocycles. The zero-order valence-corrected chi connectivity index (χ0v) is 19.1. The second-order valence-corrected chi connectivity index (χ2v) is 8.17. The molecule has 13 heteroatoms. The Morgan fingerprint density at radius 2 is 1.73 bits per heavy atom. The van der Waals surface area contributed by atoms with Crippen LogP contribution < -0.4 is 10.1 Å². The monoisotopic (exact) mass is 518 g/mol. The molecule has 2 aromatic carbocycles. The van der Waals surface area contributed by atoms with Crippen molar-refractivity contribution in [3.63, 3.8) is 0 Å². The molecule has 5 aromatic rings. The summed E-state index contributed by atoms with van der Waals surface area (Å²) in [4.78, 5) is 14.0. The van der Waals surface area contributed by atoms with E-state index in [-0.39, 0.29) is 22.3 Å². The molecular weight excluding hydrogens is 502 g/mol. The molecule has 0 aliphatic rings. The van der Waals surface area contributed by atoms with Crippen molar-refractivity contribution in [2.24, 2.45) is 0 Å². The smallest absolute Gasteiger partial charge is 0.416 e. The van der Waals surface area contributed by atoms with Gasteiger partial charge in [-0.1, -0.05) is 0 Å². The third kappa shape index (κ3) is 4.67. The van der Waals surface area contributed by atoms with Gasteiger partial charge in [-0.05, 0) is 38.1 Å². The molecule has 0 unspecified atom stereocenters. The number of ether oxygens (including phenoxy) is 1. The van der Waals surface area contributed by atoms with E-state index in [1.807, 2.05) is 0 Å². The van der Waals surface area contributed by atoms with Crippen LogP contribution in [0, 0.1) is 31.3 Å². The van der Waals surface area contributed by atoms with Crippen LogP contribution in [0.2, 0.25) is 0 Å². The number of hydrogen-bond acceptors (Lipinski definition) is 5. The number of nitrogens with one attached hydrogen (secondary N) is 2. The maximum atomic E-state index is 15.2. The minimum absolute atomic E-state index is 0.0821. The van der Waals surface area contributed by atoms with Crippen LogP contribution in [0.25, 0.3) is 16.6 Å². The number of alkyl halides is 3. The number of nitrogens with zero attached hydrogens (tertiary/aromatic N) is 4. The average Bonchev–Trinajstić information content (AvgIpc) is 3.45. The van der Waals surface area contributed by atoms with Crippen molar-refractivity contribution in [3.05, 3.63) is 83.6 Å². The van der Waals surface area contributed by atoms with Crippen LogP contribution in [-0.4, -0.2) is 24.5 Å². The number of halogens is 6. The van der Waals surface area contributed by atoms with Crippen molar-refractivity contribution in [1.82, 2.24) is 24.5 Å². The van der Waals surface area contributed by atoms with Crippen LogP contribution in [0.15, 0.2) is 49.2 Å². The fraction of sp³-hybridized carbons (Fsp3) is 0.125. The van der Waals surface area contributed by atoms with Gasteiger partial charge in [-0.3, -0.25) is 0 Å². The summed E-state index contributed by atoms with van der Waals surface area (Å²) in [6, 6.07) is 5.10. The van der Waals surface area contributed by atoms with E-state index in [1.165, 1.54) is 29.2 Å². The normalized spacial score (nSPS) is 11.8. The molecule has 37 heavy (non-hydrogen) atoms. The minimum atomic E-state index is -4.70. The van der Waals surface area contributed by atoms with E-state index in [4.69, 9.17) is 4.74 Å². The fourth-order valence-electron chi connectivity index (χ4n) is 3.72. The van der Waals surface area contributed by atoms with Gasteiger partial charge in [0, 0.05) is 34.7 Å². The van der Waals surface area contributed by atoms with Gasteiger partial charge in [0.25, 0.3) is 5.88 Å². The molecule has 0 aliphatic carbocycles. The zero-order chi connectivity index (χ0) is 26.5. The lowest BCUT2D eigenvalue weighted by molar-refractivity contribution is -0.137. The van der Waals surface area contributed by atoms with Gasteiger partial charge in [0.15, 0.2) is 23.2 Å². The van der Waals surface area contributed by atoms with Gasteiger partial charge < -0.3 is 19.6 Å². The summed E-state index contributed by atoms with van der Waals surface area (Å²) >= 11 is 0. The first-order valence-corrected chi connectivity index (χ1v) is 10.7. The first-order valence-electron chi connectivity index (χ1n) is 10.7. The number of aromatic amines is 1. The van der Waals surface area contributed by atoms with E-state index < -0.39 is 46.6 Å². The SMILES string of the molecule is Cc1cn(-c2cc(Nc3ncnc(Oc4cc(F)c5[nH]c(C)cc5c4F)c3F)cc(C(F)(F)F)c2)cn1. The molecule has 0 atom stereocenters. The lowest BCUT2D eigenvalue weighted by Crippen LogP contribution is -2.08. The summed E-state index contributed by atoms with van der Waals surface area (Å²) in [6.45, 7) is 3.28. The van der Waals surface area contributed by atoms with E-state index in [9.17, 15) is 22.0 Å². The standard InChI is InChI=1S/C24H16F6N6O/c1-11-3-16-19(26)18(7-17(25)21(16)34-11)37-23-20(27)22(31-9-32-23)35-14-4-13(24(28,29)30)5-15(6-14)36-8-12(2)33-10-36/h3-10,34H,1-2H3,(H,31,32,35). The number of aromatic nitrogens is 5. The third-order valence-corrected chi connectivity index (χ3v) is 5.38. The number of H-pyrrole nitrogens is 1. The minimum Gasteiger partial charge on any atom is -0.433 e. The summed E-state index contributed by atoms with van der Waals surface area (Å²) in [7, 11) is 0. The number of hydrogen-bond donors (Lipinski definition) is 2. The van der Waals surface area contributed by atoms with E-state index >= 15 is 4.39 Å². The number of aryl methyl sites for hydroxylation is 2. The van der Waals surface area contributed by atoms with Gasteiger partial charge in [-0.25, -0.2) is 18.7 Å². The number of anilines is 2. The topological polar surface area (TPSA) is 80.6 Å². The molecule has 0 bridgehead atoms. The quantitative estimate of drug-likeness (QED) is 0.252. The number of fused-ring (bicyclic) bond motifs is 1. The lowest BCUT2D eigenvalue weighted by Gasteiger charge is -2.15. The lowest BCUT2D eigenvalue weighted by atomic mass is 10.1. The highest BCUT2D eigenvalue weighted by Crippen LogP contribution is 2.36. The van der Waals surface area contributed by atoms with Crippen molar-refractivity contribution < 1.29 is 31.1 Å². The van der Waals surface area contributed by atoms with Gasteiger partial charge in [0.2, 0.25) is 5.82 Å². The molecule has 2 N–H and O–H groups in total. The van der Waals surface area contributed by atoms with Crippen molar-refractivity contribution >= 4 is 22.4 Å². The number of benzene rings is 2. The highest BCUT2D eigenvalue weighted by molar-refractivity contribution is 5.83. The molecule has 0 saturated carbocycles. The molecule has 0 fully saturated rings. The predicted molar refractivity (Wildman–Crippen MR) is 122 cm³/mol. The summed E-state index contributed by atoms with van der Waals surface area (Å²) in [5, 5.41) is 2.37. The van der Waals surface area contributed by atoms with Gasteiger partial charge in [0.1, 0.15) is 6.33 Å². The second-order valence-electron chi connectivity index (χ2n) is 8.17. The fourth-order valence-corrected chi connectivity index (χ4v) is 3.72. The second kappa shape index (κ2) is 8.84. The van der Waals surface area contributed by atoms with Crippen molar-refractivity contribution in [1.29, 1.82) is 0 Å². The number of imidazole rings is 1. The van der Waals surface area contributed by atoms with E-state index in [1.54, 1.807) is 13.8 Å². The van der Waals surface area contributed by atoms with E-state index in [2.05, 4.69) is 25.3 Å². The summed E-state index contributed by atoms with van der Waals surface area (Å²) in [6.07, 6.45) is -0.978. The van der Waals surface area contributed by atoms with E-state index in [0.29, 0.717) is 11.4 Å². The maximum absolute atomic E-state index is 15.2. The molecular formula is C24H16F6N6O. The van der Waals surface area contributed by atoms with Gasteiger partial charge in [-0.2, -0.15) is 22.5 Å². The number of rotatable bonds is 5. The highest BCUT2D eigenvalue weighted by Gasteiger charge is 2.31. The van der Waals surface area contributed by atoms with Crippen LogP contribution in [0.4, 0.5) is 37.8 Å². The largest absolute Gasteiger partial charge is 0.433 e. The van der Waals surface area contributed by atoms with Crippen molar-refractivity contribution in [3.8, 4) is 17.3 Å². The van der Waals surface area contributed by atoms with Crippen LogP contribution in [0.5, 0.6) is 11.6 Å². The van der Waals surface area contributed by atoms with Crippen LogP contribution >= 0.6 is 0 Å². The van der Waals surface area contributed by atoms with Gasteiger partial charge in [-0.15, -0.1) is 0 Å². The van der Waals surface area contributed by atoms with Crippen LogP contribution in [0.1, 0.15) is 17.0 Å². The molecule has 0 spiro atoms. The molecule has 5 rings (SSSR count). The zero-order valence-electron chi connectivity index (χ0n) is 19.1. The van der Waals surface area contributed by atoms with Crippen LogP contribution in [-0.2, 0) is 6.18 Å². The van der Waals surface area contributed by atoms with Gasteiger partial charge in [0.05, 0.1) is 23.1 Å². The molecule has 190 valence electrons. The Hall–Kier alpha value is -4.55. The molecule has 0 radical (unpaired) electrons. The molecule has 3 aromatic heterocycles. The van der Waals surface area contributed by atoms with Crippen molar-refractivity contribution in [2.45, 2.75) is 20.0 Å². The summed E-state index contributed by atoms with van der Waals surface area (Å²) in [5.41, 5.74) is -0.0559. The molecule has 0 aliphatic heterocycles. The summed E-state index contributed by atoms with van der Waals surface area (Å²) in [5.74, 6) is -4.96. The maximum Gasteiger partial charge on any atom is 0.416 e.